The molecule has 0 saturated carbocycles. The van der Waals surface area contributed by atoms with Crippen LogP contribution in [0, 0.1) is 0 Å². The number of rotatable bonds is 12. The van der Waals surface area contributed by atoms with Gasteiger partial charge in [-0.3, -0.25) is 14.5 Å². The fourth-order valence-electron chi connectivity index (χ4n) is 7.15. The smallest absolute Gasteiger partial charge is 0.320 e. The van der Waals surface area contributed by atoms with E-state index in [4.69, 9.17) is 24.5 Å². The van der Waals surface area contributed by atoms with E-state index in [9.17, 15) is 9.90 Å². The highest BCUT2D eigenvalue weighted by Crippen LogP contribution is 2.39. The van der Waals surface area contributed by atoms with Crippen LogP contribution in [-0.2, 0) is 10.2 Å². The van der Waals surface area contributed by atoms with E-state index in [-0.39, 0.29) is 31.3 Å². The zero-order valence-electron chi connectivity index (χ0n) is 32.8. The first kappa shape index (κ1) is 40.0. The number of carbonyl (C=O) groups is 2. The number of amides is 2. The van der Waals surface area contributed by atoms with Gasteiger partial charge >= 0.3 is 6.03 Å². The van der Waals surface area contributed by atoms with Gasteiger partial charge in [-0.15, -0.1) is 10.2 Å². The number of benzene rings is 2. The van der Waals surface area contributed by atoms with Gasteiger partial charge in [0, 0.05) is 36.7 Å². The summed E-state index contributed by atoms with van der Waals surface area (Å²) in [5.74, 6) is 2.78. The Morgan fingerprint density at radius 3 is 2.54 bits per heavy atom. The van der Waals surface area contributed by atoms with Crippen LogP contribution in [0.15, 0.2) is 72.9 Å². The predicted octanol–water partition coefficient (Wildman–Crippen LogP) is 5.98. The number of likely N-dealkylation sites (N-methyl/N-ethyl adjacent to an activating group) is 1. The van der Waals surface area contributed by atoms with Crippen LogP contribution in [0.5, 0.6) is 11.5 Å². The van der Waals surface area contributed by atoms with Crippen molar-refractivity contribution < 1.29 is 29.3 Å². The number of carboxylic acid groups (broad SMARTS) is 1. The van der Waals surface area contributed by atoms with Gasteiger partial charge in [0.25, 0.3) is 6.47 Å². The number of anilines is 2. The molecule has 5 aromatic rings. The molecule has 298 valence electrons. The number of fused-ring (bicyclic) bond motifs is 2. The van der Waals surface area contributed by atoms with Crippen LogP contribution < -0.4 is 25.0 Å². The van der Waals surface area contributed by atoms with E-state index in [0.717, 1.165) is 60.1 Å². The summed E-state index contributed by atoms with van der Waals surface area (Å²) in [6, 6.07) is 21.3. The van der Waals surface area contributed by atoms with Crippen molar-refractivity contribution in [2.75, 3.05) is 50.6 Å². The molecule has 3 aromatic heterocycles. The van der Waals surface area contributed by atoms with Crippen molar-refractivity contribution in [2.45, 2.75) is 76.5 Å². The highest BCUT2D eigenvalue weighted by atomic mass is 16.5. The van der Waals surface area contributed by atoms with Crippen LogP contribution in [0.4, 0.5) is 16.6 Å². The molecule has 15 nitrogen and oxygen atoms in total. The number of pyridine rings is 1. The van der Waals surface area contributed by atoms with Gasteiger partial charge in [-0.2, -0.15) is 5.10 Å². The van der Waals surface area contributed by atoms with Crippen molar-refractivity contribution >= 4 is 29.9 Å². The van der Waals surface area contributed by atoms with Crippen molar-refractivity contribution in [2.24, 2.45) is 0 Å². The monoisotopic (exact) mass is 767 g/mol. The van der Waals surface area contributed by atoms with E-state index in [0.29, 0.717) is 42.8 Å². The second-order valence-corrected chi connectivity index (χ2v) is 15.2. The Morgan fingerprint density at radius 2 is 1.79 bits per heavy atom. The van der Waals surface area contributed by atoms with Crippen molar-refractivity contribution in [1.82, 2.24) is 34.6 Å². The molecular weight excluding hydrogens is 715 g/mol. The van der Waals surface area contributed by atoms with Gasteiger partial charge in [0.2, 0.25) is 5.95 Å². The Hall–Kier alpha value is -5.67. The topological polar surface area (TPSA) is 172 Å². The lowest BCUT2D eigenvalue weighted by Crippen LogP contribution is -2.38. The highest BCUT2D eigenvalue weighted by Gasteiger charge is 2.31. The summed E-state index contributed by atoms with van der Waals surface area (Å²) < 4.78 is 16.4. The summed E-state index contributed by atoms with van der Waals surface area (Å²) in [6.07, 6.45) is 6.74. The number of nitrogens with zero attached hydrogens (tertiary/aromatic N) is 7. The molecule has 3 atom stereocenters. The lowest BCUT2D eigenvalue weighted by Gasteiger charge is -2.33. The molecule has 1 fully saturated rings. The van der Waals surface area contributed by atoms with Crippen LogP contribution in [0.2, 0.25) is 0 Å². The number of hydrogen-bond acceptors (Lipinski definition) is 10. The first-order valence-electron chi connectivity index (χ1n) is 19.1. The summed E-state index contributed by atoms with van der Waals surface area (Å²) in [5.41, 5.74) is 3.61. The molecule has 1 saturated heterocycles. The normalized spacial score (nSPS) is 18.1. The number of hydrogen-bond donors (Lipinski definition) is 4. The molecule has 0 radical (unpaired) electrons. The maximum absolute atomic E-state index is 13.7. The Bertz CT molecular complexity index is 2100. The third-order valence-corrected chi connectivity index (χ3v) is 10.3. The molecular formula is C41H53N9O6. The van der Waals surface area contributed by atoms with E-state index in [2.05, 4.69) is 49.7 Å². The third kappa shape index (κ3) is 9.23. The number of ether oxygens (including phenoxy) is 2. The number of nitrogens with one attached hydrogen (secondary N) is 2. The number of aromatic nitrogens is 5. The van der Waals surface area contributed by atoms with Gasteiger partial charge in [0.1, 0.15) is 30.0 Å². The number of aliphatic hydroxyl groups is 1. The van der Waals surface area contributed by atoms with Crippen molar-refractivity contribution in [3.63, 3.8) is 0 Å². The summed E-state index contributed by atoms with van der Waals surface area (Å²) >= 11 is 0. The SMILES string of the molecule is C[C@H]1CCCCN1c1nnc2ccc(O[C@@H]3CC[C@H](NC(=O)Nc4cc(C(C)(C)CO)nn4-c4cccc(OCCN(C)C)c4)c4ccccc43)cn12.O=CO. The summed E-state index contributed by atoms with van der Waals surface area (Å²) in [4.78, 5) is 26.5. The molecule has 56 heavy (non-hydrogen) atoms. The molecule has 7 rings (SSSR count). The number of aliphatic hydroxyl groups excluding tert-OH is 1. The second-order valence-electron chi connectivity index (χ2n) is 15.2. The molecule has 2 amide bonds. The number of piperidine rings is 1. The molecule has 15 heteroatoms. The van der Waals surface area contributed by atoms with E-state index < -0.39 is 5.41 Å². The molecule has 2 aromatic carbocycles. The van der Waals surface area contributed by atoms with Gasteiger partial charge in [0.05, 0.1) is 30.2 Å². The summed E-state index contributed by atoms with van der Waals surface area (Å²) in [7, 11) is 4.00. The lowest BCUT2D eigenvalue weighted by molar-refractivity contribution is -0.122. The predicted molar refractivity (Wildman–Crippen MR) is 214 cm³/mol. The van der Waals surface area contributed by atoms with E-state index in [1.807, 2.05) is 93.1 Å². The fraction of sp³-hybridized carbons (Fsp3) is 0.439. The van der Waals surface area contributed by atoms with Gasteiger partial charge in [-0.05, 0) is 88.5 Å². The summed E-state index contributed by atoms with van der Waals surface area (Å²) in [5, 5.41) is 37.1. The first-order chi connectivity index (χ1) is 27.0. The van der Waals surface area contributed by atoms with E-state index in [1.54, 1.807) is 4.68 Å². The van der Waals surface area contributed by atoms with Gasteiger partial charge in [-0.25, -0.2) is 9.48 Å². The Balaban J connectivity index is 0.00000172. The van der Waals surface area contributed by atoms with Crippen LogP contribution in [0.25, 0.3) is 11.3 Å². The fourth-order valence-corrected chi connectivity index (χ4v) is 7.15. The Kier molecular flexibility index (Phi) is 12.8. The average Bonchev–Trinajstić information content (AvgIpc) is 3.81. The number of carbonyl (C=O) groups excluding carboxylic acids is 1. The molecule has 0 bridgehead atoms. The van der Waals surface area contributed by atoms with Crippen molar-refractivity contribution in [1.29, 1.82) is 0 Å². The highest BCUT2D eigenvalue weighted by molar-refractivity contribution is 5.89. The Labute approximate surface area is 327 Å². The molecule has 0 unspecified atom stereocenters. The van der Waals surface area contributed by atoms with E-state index >= 15 is 0 Å². The lowest BCUT2D eigenvalue weighted by atomic mass is 9.85. The van der Waals surface area contributed by atoms with E-state index in [1.165, 1.54) is 6.42 Å². The quantitative estimate of drug-likeness (QED) is 0.110. The first-order valence-corrected chi connectivity index (χ1v) is 19.1. The minimum atomic E-state index is -0.623. The molecule has 4 N–H and O–H groups in total. The van der Waals surface area contributed by atoms with Crippen LogP contribution in [-0.4, -0.2) is 98.4 Å². The van der Waals surface area contributed by atoms with Crippen LogP contribution >= 0.6 is 0 Å². The Morgan fingerprint density at radius 1 is 1.00 bits per heavy atom. The largest absolute Gasteiger partial charge is 0.492 e. The molecule has 1 aliphatic heterocycles. The maximum Gasteiger partial charge on any atom is 0.320 e. The average molecular weight is 768 g/mol. The minimum absolute atomic E-state index is 0.0999. The second kappa shape index (κ2) is 17.9. The minimum Gasteiger partial charge on any atom is -0.492 e. The molecule has 1 aliphatic carbocycles. The van der Waals surface area contributed by atoms with Crippen molar-refractivity contribution in [3.8, 4) is 17.2 Å². The zero-order chi connectivity index (χ0) is 39.8. The number of urea groups is 1. The van der Waals surface area contributed by atoms with Crippen LogP contribution in [0.3, 0.4) is 0 Å². The standard InChI is InChI=1S/C40H51N9O4.CH2O2/c1-27-11-8-9-20-47(27)39-44-43-36-19-16-30(25-48(36)39)53-34-18-17-33(31-14-6-7-15-32(31)34)41-38(51)42-37-24-35(40(2,3)26-50)45-49(37)28-12-10-13-29(23-28)52-22-21-46(4)5;2-1-3/h6-7,10,12-16,19,23-25,27,33-34,50H,8-9,11,17-18,20-22,26H2,1-5H3,(H2,41,42,51);1H,(H,2,3)/t27-,33-,34+;/m0./s1. The molecule has 4 heterocycles. The maximum atomic E-state index is 13.7. The third-order valence-electron chi connectivity index (χ3n) is 10.3. The van der Waals surface area contributed by atoms with Crippen LogP contribution in [0.1, 0.15) is 81.8 Å². The summed E-state index contributed by atoms with van der Waals surface area (Å²) in [6.45, 7) is 8.02. The van der Waals surface area contributed by atoms with Gasteiger partial charge in [0.15, 0.2) is 5.65 Å². The molecule has 2 aliphatic rings. The van der Waals surface area contributed by atoms with Gasteiger partial charge in [-0.1, -0.05) is 44.2 Å². The van der Waals surface area contributed by atoms with Crippen molar-refractivity contribution in [3.05, 3.63) is 89.7 Å². The zero-order valence-corrected chi connectivity index (χ0v) is 32.8. The van der Waals surface area contributed by atoms with Gasteiger partial charge < -0.3 is 34.8 Å². The molecule has 0 spiro atoms.